The van der Waals surface area contributed by atoms with Gasteiger partial charge in [-0.2, -0.15) is 10.1 Å². The van der Waals surface area contributed by atoms with Gasteiger partial charge in [0, 0.05) is 25.4 Å². The fourth-order valence-electron chi connectivity index (χ4n) is 1.55. The fraction of sp³-hybridized carbons (Fsp3) is 0.364. The smallest absolute Gasteiger partial charge is 0.230 e. The first-order valence-electron chi connectivity index (χ1n) is 5.66. The average molecular weight is 230 g/mol. The van der Waals surface area contributed by atoms with Crippen LogP contribution in [0.2, 0.25) is 0 Å². The molecule has 0 bridgehead atoms. The first kappa shape index (κ1) is 10.1. The van der Waals surface area contributed by atoms with E-state index in [1.807, 2.05) is 19.2 Å². The zero-order valence-electron chi connectivity index (χ0n) is 9.59. The van der Waals surface area contributed by atoms with Crippen LogP contribution in [0.1, 0.15) is 12.8 Å². The largest absolute Gasteiger partial charge is 0.367 e. The number of aryl methyl sites for hydroxylation is 1. The summed E-state index contributed by atoms with van der Waals surface area (Å²) >= 11 is 0. The van der Waals surface area contributed by atoms with Gasteiger partial charge in [0.05, 0.1) is 6.20 Å². The van der Waals surface area contributed by atoms with Crippen molar-refractivity contribution >= 4 is 17.6 Å². The Kier molecular flexibility index (Phi) is 2.40. The zero-order valence-corrected chi connectivity index (χ0v) is 9.59. The van der Waals surface area contributed by atoms with E-state index in [0.717, 1.165) is 11.6 Å². The summed E-state index contributed by atoms with van der Waals surface area (Å²) in [6.45, 7) is 0. The first-order valence-corrected chi connectivity index (χ1v) is 5.66. The Hall–Kier alpha value is -2.11. The lowest BCUT2D eigenvalue weighted by Gasteiger charge is -2.07. The molecule has 0 atom stereocenters. The van der Waals surface area contributed by atoms with E-state index in [1.165, 1.54) is 12.8 Å². The summed E-state index contributed by atoms with van der Waals surface area (Å²) in [7, 11) is 1.87. The van der Waals surface area contributed by atoms with Gasteiger partial charge in [0.1, 0.15) is 11.6 Å². The number of rotatable bonds is 4. The predicted molar refractivity (Wildman–Crippen MR) is 65.2 cm³/mol. The van der Waals surface area contributed by atoms with Gasteiger partial charge in [-0.05, 0) is 18.9 Å². The van der Waals surface area contributed by atoms with Gasteiger partial charge in [-0.1, -0.05) is 0 Å². The van der Waals surface area contributed by atoms with Gasteiger partial charge < -0.3 is 10.6 Å². The molecule has 1 fully saturated rings. The van der Waals surface area contributed by atoms with Gasteiger partial charge in [0.2, 0.25) is 5.95 Å². The van der Waals surface area contributed by atoms with Crippen LogP contribution in [0.4, 0.5) is 17.6 Å². The van der Waals surface area contributed by atoms with Crippen LogP contribution in [-0.4, -0.2) is 25.8 Å². The summed E-state index contributed by atoms with van der Waals surface area (Å²) in [5.41, 5.74) is 0. The monoisotopic (exact) mass is 230 g/mol. The summed E-state index contributed by atoms with van der Waals surface area (Å²) in [6.07, 6.45) is 5.94. The second-order valence-electron chi connectivity index (χ2n) is 4.15. The lowest BCUT2D eigenvalue weighted by Crippen LogP contribution is -2.06. The molecule has 6 nitrogen and oxygen atoms in total. The molecule has 0 amide bonds. The summed E-state index contributed by atoms with van der Waals surface area (Å²) < 4.78 is 1.74. The minimum Gasteiger partial charge on any atom is -0.367 e. The standard InChI is InChI=1S/C11H14N6/c1-17-10(5-7-13-17)16-11-12-6-4-9(15-11)14-8-2-3-8/h4-8H,2-3H2,1H3,(H2,12,14,15,16). The topological polar surface area (TPSA) is 67.7 Å². The van der Waals surface area contributed by atoms with Crippen LogP contribution >= 0.6 is 0 Å². The number of anilines is 3. The molecule has 2 heterocycles. The summed E-state index contributed by atoms with van der Waals surface area (Å²) in [4.78, 5) is 8.57. The van der Waals surface area contributed by atoms with Gasteiger partial charge in [-0.25, -0.2) is 4.98 Å². The highest BCUT2D eigenvalue weighted by atomic mass is 15.3. The number of hydrogen-bond donors (Lipinski definition) is 2. The lowest BCUT2D eigenvalue weighted by molar-refractivity contribution is 0.775. The molecule has 0 radical (unpaired) electrons. The molecule has 17 heavy (non-hydrogen) atoms. The van der Waals surface area contributed by atoms with Crippen molar-refractivity contribution in [1.82, 2.24) is 19.7 Å². The molecule has 3 rings (SSSR count). The molecular weight excluding hydrogens is 216 g/mol. The van der Waals surface area contributed by atoms with Crippen molar-refractivity contribution in [3.63, 3.8) is 0 Å². The molecule has 2 aromatic rings. The molecule has 1 aliphatic carbocycles. The first-order chi connectivity index (χ1) is 8.31. The summed E-state index contributed by atoms with van der Waals surface area (Å²) in [5.74, 6) is 2.32. The normalized spacial score (nSPS) is 14.6. The van der Waals surface area contributed by atoms with Gasteiger partial charge in [0.15, 0.2) is 0 Å². The van der Waals surface area contributed by atoms with Crippen molar-refractivity contribution in [2.45, 2.75) is 18.9 Å². The molecule has 88 valence electrons. The Morgan fingerprint density at radius 3 is 2.88 bits per heavy atom. The second-order valence-corrected chi connectivity index (χ2v) is 4.15. The van der Waals surface area contributed by atoms with E-state index in [-0.39, 0.29) is 0 Å². The summed E-state index contributed by atoms with van der Waals surface area (Å²) in [6, 6.07) is 4.35. The van der Waals surface area contributed by atoms with Crippen LogP contribution in [0.15, 0.2) is 24.5 Å². The van der Waals surface area contributed by atoms with Gasteiger partial charge in [-0.3, -0.25) is 4.68 Å². The third-order valence-electron chi connectivity index (χ3n) is 2.65. The van der Waals surface area contributed by atoms with E-state index in [4.69, 9.17) is 0 Å². The predicted octanol–water partition coefficient (Wildman–Crippen LogP) is 1.53. The van der Waals surface area contributed by atoms with Crippen molar-refractivity contribution in [3.8, 4) is 0 Å². The quantitative estimate of drug-likeness (QED) is 0.833. The molecule has 6 heteroatoms. The lowest BCUT2D eigenvalue weighted by atomic mass is 10.5. The van der Waals surface area contributed by atoms with Crippen molar-refractivity contribution in [1.29, 1.82) is 0 Å². The Balaban J connectivity index is 1.75. The highest BCUT2D eigenvalue weighted by Crippen LogP contribution is 2.24. The maximum absolute atomic E-state index is 4.39. The van der Waals surface area contributed by atoms with E-state index in [2.05, 4.69) is 25.7 Å². The minimum atomic E-state index is 0.583. The Morgan fingerprint density at radius 1 is 1.29 bits per heavy atom. The second kappa shape index (κ2) is 4.04. The number of hydrogen-bond acceptors (Lipinski definition) is 5. The van der Waals surface area contributed by atoms with Gasteiger partial charge >= 0.3 is 0 Å². The Morgan fingerprint density at radius 2 is 2.18 bits per heavy atom. The third kappa shape index (κ3) is 2.35. The van der Waals surface area contributed by atoms with Crippen LogP contribution in [0.25, 0.3) is 0 Å². The van der Waals surface area contributed by atoms with E-state index in [0.29, 0.717) is 12.0 Å². The van der Waals surface area contributed by atoms with Crippen LogP contribution in [-0.2, 0) is 7.05 Å². The summed E-state index contributed by atoms with van der Waals surface area (Å²) in [5, 5.41) is 10.5. The SMILES string of the molecule is Cn1nccc1Nc1nccc(NC2CC2)n1. The van der Waals surface area contributed by atoms with Gasteiger partial charge in [0.25, 0.3) is 0 Å². The number of nitrogens with zero attached hydrogens (tertiary/aromatic N) is 4. The molecule has 0 unspecified atom stereocenters. The van der Waals surface area contributed by atoms with Crippen molar-refractivity contribution < 1.29 is 0 Å². The average Bonchev–Trinajstić information content (AvgIpc) is 3.04. The van der Waals surface area contributed by atoms with E-state index < -0.39 is 0 Å². The third-order valence-corrected chi connectivity index (χ3v) is 2.65. The minimum absolute atomic E-state index is 0.583. The molecule has 0 spiro atoms. The molecule has 0 aliphatic heterocycles. The maximum Gasteiger partial charge on any atom is 0.230 e. The van der Waals surface area contributed by atoms with E-state index in [9.17, 15) is 0 Å². The van der Waals surface area contributed by atoms with E-state index in [1.54, 1.807) is 17.1 Å². The van der Waals surface area contributed by atoms with Crippen LogP contribution < -0.4 is 10.6 Å². The van der Waals surface area contributed by atoms with Crippen LogP contribution in [0, 0.1) is 0 Å². The number of aromatic nitrogens is 4. The number of nitrogens with one attached hydrogen (secondary N) is 2. The molecular formula is C11H14N6. The molecule has 1 aliphatic rings. The fourth-order valence-corrected chi connectivity index (χ4v) is 1.55. The molecule has 0 aromatic carbocycles. The van der Waals surface area contributed by atoms with Crippen molar-refractivity contribution in [2.24, 2.45) is 7.05 Å². The Bertz CT molecular complexity index is 516. The highest BCUT2D eigenvalue weighted by Gasteiger charge is 2.21. The van der Waals surface area contributed by atoms with Crippen molar-refractivity contribution in [3.05, 3.63) is 24.5 Å². The van der Waals surface area contributed by atoms with Gasteiger partial charge in [-0.15, -0.1) is 0 Å². The molecule has 2 aromatic heterocycles. The zero-order chi connectivity index (χ0) is 11.7. The molecule has 0 saturated heterocycles. The molecule has 1 saturated carbocycles. The van der Waals surface area contributed by atoms with Crippen LogP contribution in [0.5, 0.6) is 0 Å². The molecule has 2 N–H and O–H groups in total. The Labute approximate surface area is 99.1 Å². The van der Waals surface area contributed by atoms with Crippen molar-refractivity contribution in [2.75, 3.05) is 10.6 Å². The van der Waals surface area contributed by atoms with Crippen LogP contribution in [0.3, 0.4) is 0 Å². The maximum atomic E-state index is 4.39. The van der Waals surface area contributed by atoms with E-state index >= 15 is 0 Å². The highest BCUT2D eigenvalue weighted by molar-refractivity contribution is 5.50.